The normalized spacial score (nSPS) is 28.9. The fourth-order valence-corrected chi connectivity index (χ4v) is 4.36. The Morgan fingerprint density at radius 2 is 1.92 bits per heavy atom. The largest absolute Gasteiger partial charge is 0.326 e. The third kappa shape index (κ3) is 3.11. The van der Waals surface area contributed by atoms with Crippen LogP contribution >= 0.6 is 0 Å². The van der Waals surface area contributed by atoms with E-state index in [4.69, 9.17) is 0 Å². The van der Waals surface area contributed by atoms with Crippen molar-refractivity contribution >= 4 is 11.9 Å². The lowest BCUT2D eigenvalue weighted by molar-refractivity contribution is -0.135. The van der Waals surface area contributed by atoms with Crippen LogP contribution in [0.15, 0.2) is 24.3 Å². The van der Waals surface area contributed by atoms with Gasteiger partial charge < -0.3 is 5.32 Å². The first-order chi connectivity index (χ1) is 12.5. The molecular weight excluding hydrogens is 333 g/mol. The molecule has 3 amide bonds. The number of nitrogens with one attached hydrogen (secondary N) is 1. The van der Waals surface area contributed by atoms with Crippen LogP contribution in [0.1, 0.15) is 51.0 Å². The van der Waals surface area contributed by atoms with Gasteiger partial charge in [0.15, 0.2) is 0 Å². The van der Waals surface area contributed by atoms with Crippen molar-refractivity contribution < 1.29 is 14.0 Å². The highest BCUT2D eigenvalue weighted by atomic mass is 19.1. The van der Waals surface area contributed by atoms with E-state index in [0.717, 1.165) is 44.1 Å². The van der Waals surface area contributed by atoms with Crippen LogP contribution in [-0.2, 0) is 11.3 Å². The zero-order valence-electron chi connectivity index (χ0n) is 15.2. The smallest absolute Gasteiger partial charge is 0.323 e. The standard InChI is InChI=1S/C20H26FN3O2/c1-14-4-2-3-11-20(14)18(25)24(19(26)22-20)13-23(17-9-10-17)12-15-5-7-16(21)8-6-15/h5-8,14,17H,2-4,9-13H2,1H3,(H,22,26)/t14-,20+/m0/s1. The van der Waals surface area contributed by atoms with Crippen molar-refractivity contribution in [3.63, 3.8) is 0 Å². The predicted molar refractivity (Wildman–Crippen MR) is 95.6 cm³/mol. The number of benzene rings is 1. The molecule has 1 aliphatic heterocycles. The molecule has 1 aromatic rings. The number of urea groups is 1. The summed E-state index contributed by atoms with van der Waals surface area (Å²) in [5, 5.41) is 3.02. The summed E-state index contributed by atoms with van der Waals surface area (Å²) in [5.41, 5.74) is 0.284. The molecule has 2 aliphatic carbocycles. The maximum absolute atomic E-state index is 13.1. The van der Waals surface area contributed by atoms with E-state index in [-0.39, 0.29) is 23.7 Å². The molecule has 3 aliphatic rings. The predicted octanol–water partition coefficient (Wildman–Crippen LogP) is 3.25. The average molecular weight is 359 g/mol. The summed E-state index contributed by atoms with van der Waals surface area (Å²) in [6.45, 7) is 2.99. The Morgan fingerprint density at radius 3 is 2.58 bits per heavy atom. The summed E-state index contributed by atoms with van der Waals surface area (Å²) in [6.07, 6.45) is 5.95. The number of halogens is 1. The Kier molecular flexibility index (Phi) is 4.47. The maximum atomic E-state index is 13.1. The van der Waals surface area contributed by atoms with Crippen LogP contribution in [-0.4, -0.2) is 40.0 Å². The fourth-order valence-electron chi connectivity index (χ4n) is 4.36. The molecule has 5 nitrogen and oxygen atoms in total. The van der Waals surface area contributed by atoms with Gasteiger partial charge in [-0.25, -0.2) is 14.1 Å². The van der Waals surface area contributed by atoms with E-state index >= 15 is 0 Å². The lowest BCUT2D eigenvalue weighted by atomic mass is 9.73. The number of amides is 3. The monoisotopic (exact) mass is 359 g/mol. The Labute approximate surface area is 153 Å². The molecule has 1 aromatic carbocycles. The molecule has 3 fully saturated rings. The van der Waals surface area contributed by atoms with Crippen LogP contribution in [0.4, 0.5) is 9.18 Å². The fraction of sp³-hybridized carbons (Fsp3) is 0.600. The highest BCUT2D eigenvalue weighted by molar-refractivity contribution is 6.07. The molecule has 1 heterocycles. The Bertz CT molecular complexity index is 704. The highest BCUT2D eigenvalue weighted by Crippen LogP contribution is 2.39. The zero-order valence-corrected chi connectivity index (χ0v) is 15.2. The average Bonchev–Trinajstić information content (AvgIpc) is 3.43. The number of hydrogen-bond acceptors (Lipinski definition) is 3. The summed E-state index contributed by atoms with van der Waals surface area (Å²) >= 11 is 0. The van der Waals surface area contributed by atoms with Gasteiger partial charge in [0.2, 0.25) is 0 Å². The van der Waals surface area contributed by atoms with Gasteiger partial charge in [-0.3, -0.25) is 9.69 Å². The number of nitrogens with zero attached hydrogens (tertiary/aromatic N) is 2. The van der Waals surface area contributed by atoms with Crippen molar-refractivity contribution in [2.45, 2.75) is 63.6 Å². The van der Waals surface area contributed by atoms with Crippen molar-refractivity contribution in [3.8, 4) is 0 Å². The van der Waals surface area contributed by atoms with Gasteiger partial charge in [0.1, 0.15) is 11.4 Å². The Hall–Kier alpha value is -1.95. The second kappa shape index (κ2) is 6.65. The molecule has 1 saturated heterocycles. The van der Waals surface area contributed by atoms with Gasteiger partial charge in [-0.2, -0.15) is 0 Å². The van der Waals surface area contributed by atoms with Gasteiger partial charge in [-0.1, -0.05) is 31.9 Å². The lowest BCUT2D eigenvalue weighted by Gasteiger charge is -2.37. The summed E-state index contributed by atoms with van der Waals surface area (Å²) < 4.78 is 13.1. The van der Waals surface area contributed by atoms with Gasteiger partial charge >= 0.3 is 6.03 Å². The topological polar surface area (TPSA) is 52.7 Å². The second-order valence-corrected chi connectivity index (χ2v) is 8.03. The molecule has 2 atom stereocenters. The summed E-state index contributed by atoms with van der Waals surface area (Å²) in [5.74, 6) is -0.155. The molecule has 140 valence electrons. The molecule has 6 heteroatoms. The van der Waals surface area contributed by atoms with Crippen molar-refractivity contribution in [1.82, 2.24) is 15.1 Å². The first-order valence-electron chi connectivity index (χ1n) is 9.62. The second-order valence-electron chi connectivity index (χ2n) is 8.03. The van der Waals surface area contributed by atoms with Crippen LogP contribution < -0.4 is 5.32 Å². The maximum Gasteiger partial charge on any atom is 0.326 e. The third-order valence-corrected chi connectivity index (χ3v) is 6.19. The molecule has 0 aromatic heterocycles. The van der Waals surface area contributed by atoms with Gasteiger partial charge in [-0.15, -0.1) is 0 Å². The van der Waals surface area contributed by atoms with Gasteiger partial charge in [0.05, 0.1) is 6.67 Å². The van der Waals surface area contributed by atoms with Gasteiger partial charge in [-0.05, 0) is 49.3 Å². The summed E-state index contributed by atoms with van der Waals surface area (Å²) in [4.78, 5) is 29.3. The number of rotatable bonds is 5. The van der Waals surface area contributed by atoms with E-state index in [1.54, 1.807) is 12.1 Å². The minimum absolute atomic E-state index is 0.0699. The quantitative estimate of drug-likeness (QED) is 0.821. The molecule has 4 rings (SSSR count). The van der Waals surface area contributed by atoms with Crippen LogP contribution in [0.25, 0.3) is 0 Å². The van der Waals surface area contributed by atoms with Gasteiger partial charge in [0, 0.05) is 12.6 Å². The van der Waals surface area contributed by atoms with Gasteiger partial charge in [0.25, 0.3) is 5.91 Å². The first-order valence-corrected chi connectivity index (χ1v) is 9.62. The SMILES string of the molecule is C[C@H]1CCCC[C@@]12NC(=O)N(CN(Cc1ccc(F)cc1)C1CC1)C2=O. The van der Waals surface area contributed by atoms with E-state index in [9.17, 15) is 14.0 Å². The molecule has 1 spiro atoms. The number of imide groups is 1. The zero-order chi connectivity index (χ0) is 18.3. The molecule has 1 N–H and O–H groups in total. The highest BCUT2D eigenvalue weighted by Gasteiger charge is 2.55. The summed E-state index contributed by atoms with van der Waals surface area (Å²) in [6, 6.07) is 6.55. The first kappa shape index (κ1) is 17.5. The van der Waals surface area contributed by atoms with Crippen LogP contribution in [0.5, 0.6) is 0 Å². The van der Waals surface area contributed by atoms with Crippen molar-refractivity contribution in [2.75, 3.05) is 6.67 Å². The molecule has 2 saturated carbocycles. The van der Waals surface area contributed by atoms with Crippen molar-refractivity contribution in [1.29, 1.82) is 0 Å². The number of hydrogen-bond donors (Lipinski definition) is 1. The number of carbonyl (C=O) groups is 2. The Morgan fingerprint density at radius 1 is 1.19 bits per heavy atom. The Balaban J connectivity index is 1.50. The molecule has 0 unspecified atom stereocenters. The third-order valence-electron chi connectivity index (χ3n) is 6.19. The van der Waals surface area contributed by atoms with E-state index in [0.29, 0.717) is 19.3 Å². The van der Waals surface area contributed by atoms with E-state index in [1.807, 2.05) is 0 Å². The van der Waals surface area contributed by atoms with Crippen LogP contribution in [0.3, 0.4) is 0 Å². The molecule has 0 bridgehead atoms. The molecular formula is C20H26FN3O2. The van der Waals surface area contributed by atoms with E-state index in [1.165, 1.54) is 17.0 Å². The minimum Gasteiger partial charge on any atom is -0.323 e. The van der Waals surface area contributed by atoms with Crippen molar-refractivity contribution in [3.05, 3.63) is 35.6 Å². The lowest BCUT2D eigenvalue weighted by Crippen LogP contribution is -2.54. The van der Waals surface area contributed by atoms with Crippen molar-refractivity contribution in [2.24, 2.45) is 5.92 Å². The summed E-state index contributed by atoms with van der Waals surface area (Å²) in [7, 11) is 0. The molecule has 26 heavy (non-hydrogen) atoms. The number of carbonyl (C=O) groups excluding carboxylic acids is 2. The van der Waals surface area contributed by atoms with Crippen LogP contribution in [0.2, 0.25) is 0 Å². The van der Waals surface area contributed by atoms with E-state index in [2.05, 4.69) is 17.1 Å². The van der Waals surface area contributed by atoms with E-state index < -0.39 is 5.54 Å². The molecule has 0 radical (unpaired) electrons. The minimum atomic E-state index is -0.708. The van der Waals surface area contributed by atoms with Crippen LogP contribution in [0, 0.1) is 11.7 Å².